The summed E-state index contributed by atoms with van der Waals surface area (Å²) in [5.74, 6) is -0.150. The number of hydrogen-bond acceptors (Lipinski definition) is 3. The molecule has 0 aliphatic carbocycles. The van der Waals surface area contributed by atoms with Gasteiger partial charge in [0.05, 0.1) is 23.5 Å². The smallest absolute Gasteiger partial charge is 0.228 e. The van der Waals surface area contributed by atoms with Crippen molar-refractivity contribution in [2.45, 2.75) is 27.2 Å². The molecule has 34 heavy (non-hydrogen) atoms. The SMILES string of the molecule is Cc1ccc(-c2nc3c(C)cccn3c2CC(=O)N2CCN(c3ccccc3F)CC2)cc1C. The Labute approximate surface area is 199 Å². The molecular weight excluding hydrogens is 427 g/mol. The van der Waals surface area contributed by atoms with Crippen LogP contribution in [0.15, 0.2) is 60.8 Å². The lowest BCUT2D eigenvalue weighted by Crippen LogP contribution is -2.49. The number of aromatic nitrogens is 2. The van der Waals surface area contributed by atoms with E-state index >= 15 is 0 Å². The summed E-state index contributed by atoms with van der Waals surface area (Å²) in [5.41, 5.74) is 7.77. The highest BCUT2D eigenvalue weighted by Crippen LogP contribution is 2.28. The second-order valence-electron chi connectivity index (χ2n) is 9.09. The summed E-state index contributed by atoms with van der Waals surface area (Å²) >= 11 is 0. The molecule has 0 spiro atoms. The summed E-state index contributed by atoms with van der Waals surface area (Å²) in [4.78, 5) is 22.3. The van der Waals surface area contributed by atoms with E-state index in [9.17, 15) is 9.18 Å². The highest BCUT2D eigenvalue weighted by molar-refractivity contribution is 5.82. The van der Waals surface area contributed by atoms with E-state index in [-0.39, 0.29) is 18.1 Å². The van der Waals surface area contributed by atoms with Crippen LogP contribution in [0.2, 0.25) is 0 Å². The summed E-state index contributed by atoms with van der Waals surface area (Å²) in [6.07, 6.45) is 2.26. The zero-order chi connectivity index (χ0) is 23.8. The zero-order valence-corrected chi connectivity index (χ0v) is 19.9. The van der Waals surface area contributed by atoms with Gasteiger partial charge in [-0.15, -0.1) is 0 Å². The average Bonchev–Trinajstić information content (AvgIpc) is 3.21. The van der Waals surface area contributed by atoms with Gasteiger partial charge in [0.2, 0.25) is 5.91 Å². The lowest BCUT2D eigenvalue weighted by atomic mass is 10.0. The second kappa shape index (κ2) is 8.93. The summed E-state index contributed by atoms with van der Waals surface area (Å²) in [6.45, 7) is 8.60. The molecule has 1 aliphatic heterocycles. The Morgan fingerprint density at radius 1 is 0.912 bits per heavy atom. The van der Waals surface area contributed by atoms with E-state index in [0.717, 1.165) is 28.2 Å². The van der Waals surface area contributed by atoms with E-state index in [1.807, 2.05) is 45.5 Å². The van der Waals surface area contributed by atoms with Gasteiger partial charge in [0.25, 0.3) is 0 Å². The highest BCUT2D eigenvalue weighted by atomic mass is 19.1. The Morgan fingerprint density at radius 3 is 2.41 bits per heavy atom. The first-order valence-electron chi connectivity index (χ1n) is 11.7. The van der Waals surface area contributed by atoms with E-state index in [0.29, 0.717) is 31.9 Å². The Hall–Kier alpha value is -3.67. The fraction of sp³-hybridized carbons (Fsp3) is 0.286. The standard InChI is InChI=1S/C28H29FN4O/c1-19-10-11-22(17-21(19)3)27-25(33-12-6-7-20(2)28(33)30-27)18-26(34)32-15-13-31(14-16-32)24-9-5-4-8-23(24)29/h4-12,17H,13-16,18H2,1-3H3. The number of carbonyl (C=O) groups excluding carboxylic acids is 1. The van der Waals surface area contributed by atoms with Gasteiger partial charge in [-0.2, -0.15) is 0 Å². The maximum atomic E-state index is 14.2. The van der Waals surface area contributed by atoms with Crippen LogP contribution in [0.3, 0.4) is 0 Å². The number of rotatable bonds is 4. The minimum absolute atomic E-state index is 0.0709. The van der Waals surface area contributed by atoms with E-state index in [1.165, 1.54) is 17.2 Å². The molecule has 0 unspecified atom stereocenters. The second-order valence-corrected chi connectivity index (χ2v) is 9.09. The van der Waals surface area contributed by atoms with Crippen LogP contribution in [0.4, 0.5) is 10.1 Å². The maximum absolute atomic E-state index is 14.2. The summed E-state index contributed by atoms with van der Waals surface area (Å²) in [5, 5.41) is 0. The van der Waals surface area contributed by atoms with Crippen molar-refractivity contribution >= 4 is 17.2 Å². The molecule has 2 aromatic carbocycles. The molecule has 2 aromatic heterocycles. The topological polar surface area (TPSA) is 40.9 Å². The molecular formula is C28H29FN4O. The van der Waals surface area contributed by atoms with Gasteiger partial charge in [-0.1, -0.05) is 30.3 Å². The van der Waals surface area contributed by atoms with Gasteiger partial charge in [0.15, 0.2) is 0 Å². The van der Waals surface area contributed by atoms with Gasteiger partial charge in [0.1, 0.15) is 11.5 Å². The molecule has 5 nitrogen and oxygen atoms in total. The van der Waals surface area contributed by atoms with E-state index in [1.54, 1.807) is 12.1 Å². The molecule has 0 bridgehead atoms. The maximum Gasteiger partial charge on any atom is 0.228 e. The lowest BCUT2D eigenvalue weighted by molar-refractivity contribution is -0.130. The number of carbonyl (C=O) groups is 1. The molecule has 1 saturated heterocycles. The fourth-order valence-electron chi connectivity index (χ4n) is 4.70. The van der Waals surface area contributed by atoms with Crippen LogP contribution in [0, 0.1) is 26.6 Å². The third kappa shape index (κ3) is 4.04. The first kappa shape index (κ1) is 22.1. The third-order valence-electron chi connectivity index (χ3n) is 6.87. The number of fused-ring (bicyclic) bond motifs is 1. The van der Waals surface area contributed by atoms with Crippen molar-refractivity contribution in [3.63, 3.8) is 0 Å². The summed E-state index contributed by atoms with van der Waals surface area (Å²) in [6, 6.07) is 17.2. The molecule has 1 aliphatic rings. The number of anilines is 1. The van der Waals surface area contributed by atoms with Crippen molar-refractivity contribution in [2.24, 2.45) is 0 Å². The molecule has 5 rings (SSSR count). The van der Waals surface area contributed by atoms with Gasteiger partial charge in [-0.25, -0.2) is 9.37 Å². The molecule has 0 saturated carbocycles. The number of imidazole rings is 1. The molecule has 1 fully saturated rings. The number of halogens is 1. The number of piperazine rings is 1. The molecule has 174 valence electrons. The van der Waals surface area contributed by atoms with Crippen LogP contribution < -0.4 is 4.90 Å². The summed E-state index contributed by atoms with van der Waals surface area (Å²) < 4.78 is 16.2. The lowest BCUT2D eigenvalue weighted by Gasteiger charge is -2.36. The molecule has 0 atom stereocenters. The van der Waals surface area contributed by atoms with Crippen LogP contribution in [0.5, 0.6) is 0 Å². The number of para-hydroxylation sites is 1. The fourth-order valence-corrected chi connectivity index (χ4v) is 4.70. The Morgan fingerprint density at radius 2 is 1.68 bits per heavy atom. The third-order valence-corrected chi connectivity index (χ3v) is 6.87. The molecule has 0 radical (unpaired) electrons. The van der Waals surface area contributed by atoms with Gasteiger partial charge in [-0.3, -0.25) is 4.79 Å². The Bertz CT molecular complexity index is 1370. The first-order valence-corrected chi connectivity index (χ1v) is 11.7. The normalized spacial score (nSPS) is 14.1. The van der Waals surface area contributed by atoms with E-state index in [2.05, 4.69) is 32.0 Å². The Kier molecular flexibility index (Phi) is 5.82. The van der Waals surface area contributed by atoms with Gasteiger partial charge < -0.3 is 14.2 Å². The predicted molar refractivity (Wildman–Crippen MR) is 134 cm³/mol. The molecule has 0 N–H and O–H groups in total. The summed E-state index contributed by atoms with van der Waals surface area (Å²) in [7, 11) is 0. The van der Waals surface area contributed by atoms with Gasteiger partial charge >= 0.3 is 0 Å². The quantitative estimate of drug-likeness (QED) is 0.436. The number of nitrogens with zero attached hydrogens (tertiary/aromatic N) is 4. The van der Waals surface area contributed by atoms with Crippen LogP contribution in [-0.2, 0) is 11.2 Å². The van der Waals surface area contributed by atoms with Crippen molar-refractivity contribution in [3.8, 4) is 11.3 Å². The van der Waals surface area contributed by atoms with E-state index < -0.39 is 0 Å². The van der Waals surface area contributed by atoms with Crippen LogP contribution in [0.25, 0.3) is 16.9 Å². The minimum Gasteiger partial charge on any atom is -0.366 e. The van der Waals surface area contributed by atoms with Crippen molar-refractivity contribution in [1.82, 2.24) is 14.3 Å². The van der Waals surface area contributed by atoms with Crippen LogP contribution >= 0.6 is 0 Å². The number of pyridine rings is 1. The highest BCUT2D eigenvalue weighted by Gasteiger charge is 2.25. The van der Waals surface area contributed by atoms with Crippen molar-refractivity contribution in [1.29, 1.82) is 0 Å². The van der Waals surface area contributed by atoms with Gasteiger partial charge in [0, 0.05) is 37.9 Å². The van der Waals surface area contributed by atoms with Crippen LogP contribution in [0.1, 0.15) is 22.4 Å². The monoisotopic (exact) mass is 456 g/mol. The Balaban J connectivity index is 1.41. The number of aryl methyl sites for hydroxylation is 3. The van der Waals surface area contributed by atoms with Crippen molar-refractivity contribution in [3.05, 3.63) is 89.0 Å². The number of amides is 1. The molecule has 1 amide bonds. The van der Waals surface area contributed by atoms with Crippen molar-refractivity contribution < 1.29 is 9.18 Å². The number of hydrogen-bond donors (Lipinski definition) is 0. The minimum atomic E-state index is -0.221. The first-order chi connectivity index (χ1) is 16.4. The molecule has 3 heterocycles. The molecule has 6 heteroatoms. The van der Waals surface area contributed by atoms with Crippen molar-refractivity contribution in [2.75, 3.05) is 31.1 Å². The van der Waals surface area contributed by atoms with Gasteiger partial charge in [-0.05, 0) is 61.7 Å². The molecule has 4 aromatic rings. The zero-order valence-electron chi connectivity index (χ0n) is 19.9. The van der Waals surface area contributed by atoms with Crippen LogP contribution in [-0.4, -0.2) is 46.4 Å². The largest absolute Gasteiger partial charge is 0.366 e. The average molecular weight is 457 g/mol. The predicted octanol–water partition coefficient (Wildman–Crippen LogP) is 4.96. The number of benzene rings is 2. The van der Waals surface area contributed by atoms with E-state index in [4.69, 9.17) is 4.98 Å².